The molecule has 0 radical (unpaired) electrons. The van der Waals surface area contributed by atoms with Gasteiger partial charge in [-0.2, -0.15) is 0 Å². The summed E-state index contributed by atoms with van der Waals surface area (Å²) in [4.78, 5) is 13.8. The molecule has 5 nitrogen and oxygen atoms in total. The Hall–Kier alpha value is -2.27. The second-order valence-electron chi connectivity index (χ2n) is 3.75. The van der Waals surface area contributed by atoms with E-state index in [-0.39, 0.29) is 5.76 Å². The van der Waals surface area contributed by atoms with Crippen LogP contribution in [0.15, 0.2) is 35.0 Å². The molecular formula is C12H7ClN2O3. The largest absolute Gasteiger partial charge is 0.475 e. The van der Waals surface area contributed by atoms with E-state index in [9.17, 15) is 4.79 Å². The minimum Gasteiger partial charge on any atom is -0.475 e. The Bertz CT molecular complexity index is 745. The zero-order chi connectivity index (χ0) is 12.7. The zero-order valence-corrected chi connectivity index (χ0v) is 9.73. The minimum atomic E-state index is -1.15. The number of benzene rings is 1. The summed E-state index contributed by atoms with van der Waals surface area (Å²) >= 11 is 6.13. The number of rotatable bonds is 2. The van der Waals surface area contributed by atoms with Crippen LogP contribution in [0, 0.1) is 0 Å². The van der Waals surface area contributed by atoms with Gasteiger partial charge in [-0.25, -0.2) is 4.79 Å². The van der Waals surface area contributed by atoms with E-state index < -0.39 is 5.97 Å². The number of fused-ring (bicyclic) bond motifs is 1. The molecule has 0 amide bonds. The summed E-state index contributed by atoms with van der Waals surface area (Å²) in [5, 5.41) is 13.9. The molecule has 2 heterocycles. The number of halogens is 1. The number of aromatic nitrogens is 2. The second kappa shape index (κ2) is 3.89. The lowest BCUT2D eigenvalue weighted by Crippen LogP contribution is -1.91. The Morgan fingerprint density at radius 3 is 3.00 bits per heavy atom. The van der Waals surface area contributed by atoms with E-state index in [4.69, 9.17) is 21.2 Å². The van der Waals surface area contributed by atoms with Crippen molar-refractivity contribution in [2.24, 2.45) is 0 Å². The van der Waals surface area contributed by atoms with Crippen LogP contribution in [0.2, 0.25) is 5.02 Å². The van der Waals surface area contributed by atoms with Crippen LogP contribution in [0.4, 0.5) is 0 Å². The summed E-state index contributed by atoms with van der Waals surface area (Å²) in [5.74, 6) is -1.36. The monoisotopic (exact) mass is 262 g/mol. The highest BCUT2D eigenvalue weighted by Gasteiger charge is 2.16. The molecule has 0 aliphatic rings. The van der Waals surface area contributed by atoms with E-state index in [1.807, 2.05) is 12.1 Å². The molecule has 90 valence electrons. The van der Waals surface area contributed by atoms with Crippen LogP contribution in [-0.2, 0) is 0 Å². The first-order valence-corrected chi connectivity index (χ1v) is 5.50. The average Bonchev–Trinajstić information content (AvgIpc) is 2.94. The number of aromatic amines is 1. The molecule has 0 saturated heterocycles. The molecule has 6 heteroatoms. The summed E-state index contributed by atoms with van der Waals surface area (Å²) in [5.41, 5.74) is 2.01. The van der Waals surface area contributed by atoms with Gasteiger partial charge in [-0.3, -0.25) is 0 Å². The maximum atomic E-state index is 10.7. The van der Waals surface area contributed by atoms with Gasteiger partial charge in [0.05, 0.1) is 5.02 Å². The quantitative estimate of drug-likeness (QED) is 0.743. The molecule has 0 fully saturated rings. The molecule has 3 aromatic rings. The molecule has 3 rings (SSSR count). The smallest absolute Gasteiger partial charge is 0.374 e. The van der Waals surface area contributed by atoms with Gasteiger partial charge in [-0.05, 0) is 12.1 Å². The van der Waals surface area contributed by atoms with Gasteiger partial charge in [0.2, 0.25) is 5.76 Å². The number of nitrogens with zero attached hydrogens (tertiary/aromatic N) is 1. The number of H-pyrrole nitrogens is 1. The Balaban J connectivity index is 2.22. The van der Waals surface area contributed by atoms with Crippen molar-refractivity contribution in [3.05, 3.63) is 41.2 Å². The first-order chi connectivity index (χ1) is 8.66. The number of aromatic carboxylic acids is 1. The number of carboxylic acids is 1. The molecule has 0 atom stereocenters. The van der Waals surface area contributed by atoms with Crippen LogP contribution in [0.1, 0.15) is 10.6 Å². The first-order valence-electron chi connectivity index (χ1n) is 5.13. The molecule has 0 aliphatic carbocycles. The van der Waals surface area contributed by atoms with Gasteiger partial charge < -0.3 is 14.6 Å². The normalized spacial score (nSPS) is 10.9. The van der Waals surface area contributed by atoms with Crippen molar-refractivity contribution < 1.29 is 14.4 Å². The predicted molar refractivity (Wildman–Crippen MR) is 65.8 cm³/mol. The molecule has 0 aliphatic heterocycles. The topological polar surface area (TPSA) is 79.1 Å². The van der Waals surface area contributed by atoms with Crippen LogP contribution in [-0.4, -0.2) is 21.2 Å². The standard InChI is InChI=1S/C12H7ClN2O3/c13-7-2-1-3-8-11(7)6(5-14-8)9-4-10(12(16)17)18-15-9/h1-5,14H,(H,16,17). The van der Waals surface area contributed by atoms with E-state index >= 15 is 0 Å². The first kappa shape index (κ1) is 10.9. The Morgan fingerprint density at radius 2 is 2.28 bits per heavy atom. The van der Waals surface area contributed by atoms with Crippen LogP contribution in [0.5, 0.6) is 0 Å². The number of nitrogens with one attached hydrogen (secondary N) is 1. The minimum absolute atomic E-state index is 0.202. The van der Waals surface area contributed by atoms with Gasteiger partial charge in [0.25, 0.3) is 0 Å². The maximum absolute atomic E-state index is 10.7. The van der Waals surface area contributed by atoms with Crippen molar-refractivity contribution in [2.75, 3.05) is 0 Å². The van der Waals surface area contributed by atoms with Crippen molar-refractivity contribution in [3.8, 4) is 11.3 Å². The molecule has 2 N–H and O–H groups in total. The van der Waals surface area contributed by atoms with Crippen molar-refractivity contribution in [2.45, 2.75) is 0 Å². The Kier molecular flexibility index (Phi) is 2.34. The Labute approximate surface area is 106 Å². The van der Waals surface area contributed by atoms with Crippen molar-refractivity contribution in [1.82, 2.24) is 10.1 Å². The van der Waals surface area contributed by atoms with Crippen LogP contribution in [0.3, 0.4) is 0 Å². The van der Waals surface area contributed by atoms with Crippen molar-refractivity contribution in [1.29, 1.82) is 0 Å². The van der Waals surface area contributed by atoms with E-state index in [1.54, 1.807) is 12.3 Å². The molecule has 1 aromatic carbocycles. The summed E-state index contributed by atoms with van der Waals surface area (Å²) in [6, 6.07) is 6.84. The highest BCUT2D eigenvalue weighted by molar-refractivity contribution is 6.36. The number of hydrogen-bond donors (Lipinski definition) is 2. The molecule has 2 aromatic heterocycles. The Morgan fingerprint density at radius 1 is 1.44 bits per heavy atom. The van der Waals surface area contributed by atoms with Gasteiger partial charge >= 0.3 is 5.97 Å². The highest BCUT2D eigenvalue weighted by atomic mass is 35.5. The summed E-state index contributed by atoms with van der Waals surface area (Å²) in [7, 11) is 0. The van der Waals surface area contributed by atoms with E-state index in [0.717, 1.165) is 10.9 Å². The van der Waals surface area contributed by atoms with Crippen LogP contribution >= 0.6 is 11.6 Å². The van der Waals surface area contributed by atoms with Gasteiger partial charge in [-0.15, -0.1) is 0 Å². The second-order valence-corrected chi connectivity index (χ2v) is 4.15. The molecule has 0 unspecified atom stereocenters. The molecule has 18 heavy (non-hydrogen) atoms. The summed E-state index contributed by atoms with van der Waals surface area (Å²) < 4.78 is 4.73. The van der Waals surface area contributed by atoms with Crippen LogP contribution < -0.4 is 0 Å². The van der Waals surface area contributed by atoms with E-state index in [1.165, 1.54) is 6.07 Å². The lowest BCUT2D eigenvalue weighted by atomic mass is 10.1. The summed E-state index contributed by atoms with van der Waals surface area (Å²) in [6.45, 7) is 0. The number of carboxylic acid groups (broad SMARTS) is 1. The fourth-order valence-corrected chi connectivity index (χ4v) is 2.12. The van der Waals surface area contributed by atoms with E-state index in [0.29, 0.717) is 16.3 Å². The molecule has 0 bridgehead atoms. The summed E-state index contributed by atoms with van der Waals surface area (Å²) in [6.07, 6.45) is 1.72. The lowest BCUT2D eigenvalue weighted by molar-refractivity contribution is 0.0652. The third-order valence-electron chi connectivity index (χ3n) is 2.65. The van der Waals surface area contributed by atoms with Gasteiger partial charge in [0.15, 0.2) is 0 Å². The SMILES string of the molecule is O=C(O)c1cc(-c2c[nH]c3cccc(Cl)c23)no1. The van der Waals surface area contributed by atoms with Crippen molar-refractivity contribution >= 4 is 28.5 Å². The average molecular weight is 263 g/mol. The van der Waals surface area contributed by atoms with Gasteiger partial charge in [-0.1, -0.05) is 22.8 Å². The molecular weight excluding hydrogens is 256 g/mol. The highest BCUT2D eigenvalue weighted by Crippen LogP contribution is 2.33. The van der Waals surface area contributed by atoms with Gasteiger partial charge in [0, 0.05) is 28.7 Å². The van der Waals surface area contributed by atoms with Crippen LogP contribution in [0.25, 0.3) is 22.2 Å². The zero-order valence-electron chi connectivity index (χ0n) is 8.98. The third kappa shape index (κ3) is 1.56. The molecule has 0 spiro atoms. The number of carbonyl (C=O) groups is 1. The molecule has 0 saturated carbocycles. The number of hydrogen-bond acceptors (Lipinski definition) is 3. The van der Waals surface area contributed by atoms with E-state index in [2.05, 4.69) is 10.1 Å². The third-order valence-corrected chi connectivity index (χ3v) is 2.97. The van der Waals surface area contributed by atoms with Gasteiger partial charge in [0.1, 0.15) is 5.69 Å². The lowest BCUT2D eigenvalue weighted by Gasteiger charge is -1.95. The predicted octanol–water partition coefficient (Wildman–Crippen LogP) is 3.17. The fourth-order valence-electron chi connectivity index (χ4n) is 1.85. The maximum Gasteiger partial charge on any atom is 0.374 e. The van der Waals surface area contributed by atoms with Crippen molar-refractivity contribution in [3.63, 3.8) is 0 Å². The fraction of sp³-hybridized carbons (Fsp3) is 0.